The Labute approximate surface area is 124 Å². The molecule has 0 saturated carbocycles. The summed E-state index contributed by atoms with van der Waals surface area (Å²) in [6.07, 6.45) is 3.60. The second kappa shape index (κ2) is 7.05. The molecule has 0 atom stereocenters. The molecule has 0 unspecified atom stereocenters. The topological polar surface area (TPSA) is 67.5 Å². The summed E-state index contributed by atoms with van der Waals surface area (Å²) in [7, 11) is 0. The number of benzene rings is 2. The van der Waals surface area contributed by atoms with Crippen molar-refractivity contribution in [3.8, 4) is 0 Å². The van der Waals surface area contributed by atoms with Gasteiger partial charge in [-0.3, -0.25) is 4.79 Å². The van der Waals surface area contributed by atoms with Gasteiger partial charge in [-0.05, 0) is 42.3 Å². The first-order valence-electron chi connectivity index (χ1n) is 6.57. The van der Waals surface area contributed by atoms with Crippen molar-refractivity contribution in [1.29, 1.82) is 0 Å². The van der Waals surface area contributed by atoms with E-state index < -0.39 is 0 Å². The molecule has 4 nitrogen and oxygen atoms in total. The van der Waals surface area contributed by atoms with Crippen molar-refractivity contribution < 1.29 is 4.79 Å². The van der Waals surface area contributed by atoms with Gasteiger partial charge in [0, 0.05) is 11.3 Å². The molecule has 0 aromatic heterocycles. The van der Waals surface area contributed by atoms with Gasteiger partial charge in [0.05, 0.1) is 6.21 Å². The van der Waals surface area contributed by atoms with Crippen LogP contribution in [0.4, 0.5) is 5.69 Å². The standard InChI is InChI=1S/C17H17N3O/c1-13(11-14-5-3-2-4-6-14)12-19-20-17(21)15-7-9-16(18)10-8-15/h2-12H,18H2,1H3,(H,20,21)/b13-11+,19-12-. The number of anilines is 1. The van der Waals surface area contributed by atoms with Gasteiger partial charge in [-0.2, -0.15) is 5.10 Å². The Balaban J connectivity index is 1.94. The first kappa shape index (κ1) is 14.5. The number of nitrogens with zero attached hydrogens (tertiary/aromatic N) is 1. The van der Waals surface area contributed by atoms with Gasteiger partial charge in [0.15, 0.2) is 0 Å². The maximum Gasteiger partial charge on any atom is 0.271 e. The fourth-order valence-corrected chi connectivity index (χ4v) is 1.74. The zero-order valence-corrected chi connectivity index (χ0v) is 11.8. The maximum atomic E-state index is 11.8. The van der Waals surface area contributed by atoms with Gasteiger partial charge in [-0.15, -0.1) is 0 Å². The molecule has 0 aliphatic rings. The quantitative estimate of drug-likeness (QED) is 0.513. The third-order valence-electron chi connectivity index (χ3n) is 2.80. The Morgan fingerprint density at radius 2 is 1.76 bits per heavy atom. The lowest BCUT2D eigenvalue weighted by molar-refractivity contribution is 0.0955. The highest BCUT2D eigenvalue weighted by Gasteiger charge is 2.02. The fraction of sp³-hybridized carbons (Fsp3) is 0.0588. The highest BCUT2D eigenvalue weighted by Crippen LogP contribution is 2.06. The van der Waals surface area contributed by atoms with Crippen LogP contribution in [0.5, 0.6) is 0 Å². The van der Waals surface area contributed by atoms with Crippen molar-refractivity contribution in [3.63, 3.8) is 0 Å². The normalized spacial score (nSPS) is 11.6. The van der Waals surface area contributed by atoms with Crippen LogP contribution in [0.25, 0.3) is 6.08 Å². The van der Waals surface area contributed by atoms with Crippen molar-refractivity contribution >= 4 is 23.9 Å². The van der Waals surface area contributed by atoms with Crippen molar-refractivity contribution in [3.05, 3.63) is 71.3 Å². The minimum absolute atomic E-state index is 0.265. The molecule has 0 heterocycles. The SMILES string of the molecule is CC(/C=N\NC(=O)c1ccc(N)cc1)=C\c1ccccc1. The van der Waals surface area contributed by atoms with Gasteiger partial charge in [-0.1, -0.05) is 36.4 Å². The van der Waals surface area contributed by atoms with Gasteiger partial charge in [0.25, 0.3) is 5.91 Å². The summed E-state index contributed by atoms with van der Waals surface area (Å²) >= 11 is 0. The third kappa shape index (κ3) is 4.62. The zero-order chi connectivity index (χ0) is 15.1. The average molecular weight is 279 g/mol. The summed E-state index contributed by atoms with van der Waals surface area (Å²) in [5.74, 6) is -0.265. The molecule has 2 rings (SSSR count). The Bertz CT molecular complexity index is 658. The van der Waals surface area contributed by atoms with Crippen LogP contribution in [-0.2, 0) is 0 Å². The number of hydrazone groups is 1. The summed E-state index contributed by atoms with van der Waals surface area (Å²) in [6, 6.07) is 16.6. The van der Waals surface area contributed by atoms with Crippen molar-refractivity contribution in [2.75, 3.05) is 5.73 Å². The van der Waals surface area contributed by atoms with Crippen LogP contribution in [-0.4, -0.2) is 12.1 Å². The molecule has 4 heteroatoms. The Hall–Kier alpha value is -2.88. The van der Waals surface area contributed by atoms with E-state index in [2.05, 4.69) is 10.5 Å². The number of carbonyl (C=O) groups excluding carboxylic acids is 1. The van der Waals surface area contributed by atoms with E-state index in [-0.39, 0.29) is 5.91 Å². The molecule has 0 saturated heterocycles. The number of carbonyl (C=O) groups is 1. The molecule has 0 aliphatic carbocycles. The van der Waals surface area contributed by atoms with Gasteiger partial charge in [-0.25, -0.2) is 5.43 Å². The van der Waals surface area contributed by atoms with Crippen LogP contribution in [0.15, 0.2) is 65.3 Å². The van der Waals surface area contributed by atoms with E-state index in [1.54, 1.807) is 30.5 Å². The summed E-state index contributed by atoms with van der Waals surface area (Å²) in [6.45, 7) is 1.92. The summed E-state index contributed by atoms with van der Waals surface area (Å²) in [5.41, 5.74) is 11.2. The van der Waals surface area contributed by atoms with Crippen molar-refractivity contribution in [2.24, 2.45) is 5.10 Å². The minimum Gasteiger partial charge on any atom is -0.399 e. The largest absolute Gasteiger partial charge is 0.399 e. The number of nitrogens with two attached hydrogens (primary N) is 1. The molecule has 2 aromatic carbocycles. The molecule has 0 fully saturated rings. The summed E-state index contributed by atoms with van der Waals surface area (Å²) in [4.78, 5) is 11.8. The fourth-order valence-electron chi connectivity index (χ4n) is 1.74. The number of nitrogens with one attached hydrogen (secondary N) is 1. The smallest absolute Gasteiger partial charge is 0.271 e. The molecule has 0 radical (unpaired) electrons. The van der Waals surface area contributed by atoms with Gasteiger partial charge < -0.3 is 5.73 Å². The number of hydrogen-bond acceptors (Lipinski definition) is 3. The lowest BCUT2D eigenvalue weighted by Crippen LogP contribution is -2.17. The van der Waals surface area contributed by atoms with E-state index in [1.807, 2.05) is 43.3 Å². The summed E-state index contributed by atoms with van der Waals surface area (Å²) < 4.78 is 0. The van der Waals surface area contributed by atoms with E-state index >= 15 is 0 Å². The lowest BCUT2D eigenvalue weighted by atomic mass is 10.1. The first-order valence-corrected chi connectivity index (χ1v) is 6.57. The Morgan fingerprint density at radius 1 is 1.10 bits per heavy atom. The number of rotatable bonds is 4. The summed E-state index contributed by atoms with van der Waals surface area (Å²) in [5, 5.41) is 3.94. The number of allylic oxidation sites excluding steroid dienone is 1. The van der Waals surface area contributed by atoms with Gasteiger partial charge in [0.2, 0.25) is 0 Å². The minimum atomic E-state index is -0.265. The molecule has 106 valence electrons. The highest BCUT2D eigenvalue weighted by molar-refractivity contribution is 5.95. The predicted molar refractivity (Wildman–Crippen MR) is 86.9 cm³/mol. The maximum absolute atomic E-state index is 11.8. The predicted octanol–water partition coefficient (Wildman–Crippen LogP) is 3.09. The van der Waals surface area contributed by atoms with E-state index in [9.17, 15) is 4.79 Å². The lowest BCUT2D eigenvalue weighted by Gasteiger charge is -2.00. The molecular weight excluding hydrogens is 262 g/mol. The zero-order valence-electron chi connectivity index (χ0n) is 11.8. The monoisotopic (exact) mass is 279 g/mol. The Kier molecular flexibility index (Phi) is 4.88. The van der Waals surface area contributed by atoms with E-state index in [4.69, 9.17) is 5.73 Å². The average Bonchev–Trinajstić information content (AvgIpc) is 2.49. The molecule has 0 aliphatic heterocycles. The van der Waals surface area contributed by atoms with Gasteiger partial charge >= 0.3 is 0 Å². The molecule has 1 amide bonds. The third-order valence-corrected chi connectivity index (χ3v) is 2.80. The van der Waals surface area contributed by atoms with Crippen LogP contribution in [0.2, 0.25) is 0 Å². The van der Waals surface area contributed by atoms with E-state index in [0.29, 0.717) is 11.3 Å². The number of nitrogen functional groups attached to an aromatic ring is 1. The second-order valence-corrected chi connectivity index (χ2v) is 4.62. The van der Waals surface area contributed by atoms with Crippen molar-refractivity contribution in [1.82, 2.24) is 5.43 Å². The molecule has 3 N–H and O–H groups in total. The van der Waals surface area contributed by atoms with Crippen LogP contribution in [0, 0.1) is 0 Å². The van der Waals surface area contributed by atoms with Crippen molar-refractivity contribution in [2.45, 2.75) is 6.92 Å². The molecular formula is C17H17N3O. The highest BCUT2D eigenvalue weighted by atomic mass is 16.2. The molecule has 21 heavy (non-hydrogen) atoms. The van der Waals surface area contributed by atoms with Crippen LogP contribution >= 0.6 is 0 Å². The second-order valence-electron chi connectivity index (χ2n) is 4.62. The van der Waals surface area contributed by atoms with E-state index in [1.165, 1.54) is 0 Å². The van der Waals surface area contributed by atoms with Gasteiger partial charge in [0.1, 0.15) is 0 Å². The number of hydrogen-bond donors (Lipinski definition) is 2. The van der Waals surface area contributed by atoms with E-state index in [0.717, 1.165) is 11.1 Å². The molecule has 0 spiro atoms. The molecule has 2 aromatic rings. The van der Waals surface area contributed by atoms with Crippen LogP contribution < -0.4 is 11.2 Å². The Morgan fingerprint density at radius 3 is 2.43 bits per heavy atom. The first-order chi connectivity index (χ1) is 10.1. The molecule has 0 bridgehead atoms. The van der Waals surface area contributed by atoms with Crippen LogP contribution in [0.1, 0.15) is 22.8 Å². The van der Waals surface area contributed by atoms with Crippen LogP contribution in [0.3, 0.4) is 0 Å². The number of amides is 1.